The molecule has 0 radical (unpaired) electrons. The van der Waals surface area contributed by atoms with Crippen LogP contribution < -0.4 is 5.32 Å². The van der Waals surface area contributed by atoms with Crippen molar-refractivity contribution in [3.05, 3.63) is 68.5 Å². The third-order valence-electron chi connectivity index (χ3n) is 3.33. The Kier molecular flexibility index (Phi) is 6.01. The third-order valence-corrected chi connectivity index (χ3v) is 3.66. The number of nitrogens with zero attached hydrogens (tertiary/aromatic N) is 1. The van der Waals surface area contributed by atoms with E-state index in [0.29, 0.717) is 6.07 Å². The summed E-state index contributed by atoms with van der Waals surface area (Å²) >= 11 is 5.79. The van der Waals surface area contributed by atoms with E-state index in [1.807, 2.05) is 5.32 Å². The second kappa shape index (κ2) is 8.04. The van der Waals surface area contributed by atoms with Crippen molar-refractivity contribution in [2.45, 2.75) is 13.0 Å². The lowest BCUT2D eigenvalue weighted by molar-refractivity contribution is -0.384. The van der Waals surface area contributed by atoms with Crippen molar-refractivity contribution in [3.63, 3.8) is 0 Å². The number of amides is 1. The molecule has 2 aromatic rings. The van der Waals surface area contributed by atoms with E-state index in [9.17, 15) is 32.9 Å². The number of ether oxygens (including phenoxy) is 1. The number of halogens is 4. The van der Waals surface area contributed by atoms with Gasteiger partial charge in [0.2, 0.25) is 0 Å². The summed E-state index contributed by atoms with van der Waals surface area (Å²) < 4.78 is 44.4. The molecule has 2 rings (SSSR count). The minimum atomic E-state index is -1.78. The van der Waals surface area contributed by atoms with Gasteiger partial charge >= 0.3 is 5.97 Å². The molecule has 2 aromatic carbocycles. The van der Waals surface area contributed by atoms with Crippen LogP contribution in [0.3, 0.4) is 0 Å². The number of hydrogen-bond donors (Lipinski definition) is 1. The van der Waals surface area contributed by atoms with Crippen LogP contribution in [0.25, 0.3) is 0 Å². The van der Waals surface area contributed by atoms with Gasteiger partial charge in [-0.1, -0.05) is 11.6 Å². The summed E-state index contributed by atoms with van der Waals surface area (Å²) in [6, 6.07) is 4.44. The quantitative estimate of drug-likeness (QED) is 0.354. The Balaban J connectivity index is 2.13. The second-order valence-electron chi connectivity index (χ2n) is 5.18. The maximum absolute atomic E-state index is 13.6. The number of nitro benzene ring substituents is 1. The van der Waals surface area contributed by atoms with Crippen LogP contribution in [0.15, 0.2) is 30.3 Å². The normalized spacial score (nSPS) is 11.6. The van der Waals surface area contributed by atoms with E-state index in [1.165, 1.54) is 0 Å². The van der Waals surface area contributed by atoms with Crippen molar-refractivity contribution >= 4 is 34.9 Å². The number of anilines is 1. The summed E-state index contributed by atoms with van der Waals surface area (Å²) in [5, 5.41) is 12.5. The van der Waals surface area contributed by atoms with Gasteiger partial charge < -0.3 is 10.1 Å². The fourth-order valence-corrected chi connectivity index (χ4v) is 2.11. The van der Waals surface area contributed by atoms with Gasteiger partial charge in [-0.2, -0.15) is 0 Å². The molecule has 1 amide bonds. The summed E-state index contributed by atoms with van der Waals surface area (Å²) in [4.78, 5) is 34.1. The van der Waals surface area contributed by atoms with Crippen LogP contribution in [0.2, 0.25) is 5.02 Å². The highest BCUT2D eigenvalue weighted by molar-refractivity contribution is 6.33. The molecule has 0 aliphatic carbocycles. The van der Waals surface area contributed by atoms with E-state index in [-0.39, 0.29) is 10.6 Å². The molecule has 0 fully saturated rings. The van der Waals surface area contributed by atoms with E-state index >= 15 is 0 Å². The lowest BCUT2D eigenvalue weighted by Crippen LogP contribution is -2.30. The first-order chi connectivity index (χ1) is 12.6. The van der Waals surface area contributed by atoms with E-state index < -0.39 is 51.7 Å². The number of hydrogen-bond acceptors (Lipinski definition) is 5. The molecule has 0 spiro atoms. The Bertz CT molecular complexity index is 939. The molecule has 142 valence electrons. The zero-order valence-corrected chi connectivity index (χ0v) is 14.2. The highest BCUT2D eigenvalue weighted by Gasteiger charge is 2.24. The number of esters is 1. The van der Waals surface area contributed by atoms with Crippen LogP contribution in [0, 0.1) is 27.6 Å². The van der Waals surface area contributed by atoms with Crippen molar-refractivity contribution < 1.29 is 32.4 Å². The van der Waals surface area contributed by atoms with Crippen molar-refractivity contribution in [2.75, 3.05) is 5.32 Å². The largest absolute Gasteiger partial charge is 0.449 e. The maximum Gasteiger partial charge on any atom is 0.340 e. The fourth-order valence-electron chi connectivity index (χ4n) is 1.92. The van der Waals surface area contributed by atoms with E-state index in [0.717, 1.165) is 31.2 Å². The average molecular weight is 403 g/mol. The molecule has 0 bridgehead atoms. The average Bonchev–Trinajstić information content (AvgIpc) is 2.62. The van der Waals surface area contributed by atoms with Gasteiger partial charge in [-0.05, 0) is 25.1 Å². The molecule has 7 nitrogen and oxygen atoms in total. The molecule has 0 saturated heterocycles. The lowest BCUT2D eigenvalue weighted by atomic mass is 10.2. The molecule has 0 aliphatic rings. The van der Waals surface area contributed by atoms with Crippen molar-refractivity contribution in [2.24, 2.45) is 0 Å². The first-order valence-corrected chi connectivity index (χ1v) is 7.59. The smallest absolute Gasteiger partial charge is 0.340 e. The van der Waals surface area contributed by atoms with E-state index in [1.54, 1.807) is 0 Å². The number of rotatable bonds is 5. The molecule has 0 unspecified atom stereocenters. The van der Waals surface area contributed by atoms with Crippen LogP contribution in [0.5, 0.6) is 0 Å². The number of carbonyl (C=O) groups is 2. The Labute approximate surface area is 154 Å². The topological polar surface area (TPSA) is 98.5 Å². The molecule has 1 N–H and O–H groups in total. The van der Waals surface area contributed by atoms with Gasteiger partial charge in [0.25, 0.3) is 11.6 Å². The van der Waals surface area contributed by atoms with E-state index in [2.05, 4.69) is 0 Å². The highest BCUT2D eigenvalue weighted by Crippen LogP contribution is 2.24. The standard InChI is InChI=1S/C16H10ClF3N2O5/c1-7(15(23)21-12-5-4-11(18)13(19)14(12)20)27-16(24)9-6-8(22(25)26)2-3-10(9)17/h2-7H,1H3,(H,21,23)/t7-/m0/s1. The second-order valence-corrected chi connectivity index (χ2v) is 5.59. The number of nitrogens with one attached hydrogen (secondary N) is 1. The number of non-ortho nitro benzene ring substituents is 1. The number of carbonyl (C=O) groups excluding carboxylic acids is 2. The van der Waals surface area contributed by atoms with Crippen molar-refractivity contribution in [1.29, 1.82) is 0 Å². The van der Waals surface area contributed by atoms with Gasteiger partial charge in [-0.25, -0.2) is 18.0 Å². The molecule has 11 heteroatoms. The summed E-state index contributed by atoms with van der Waals surface area (Å²) in [6.45, 7) is 1.12. The molecular formula is C16H10ClF3N2O5. The third kappa shape index (κ3) is 4.53. The first-order valence-electron chi connectivity index (χ1n) is 7.21. The zero-order chi connectivity index (χ0) is 20.3. The summed E-state index contributed by atoms with van der Waals surface area (Å²) in [5.74, 6) is -7.03. The van der Waals surface area contributed by atoms with Gasteiger partial charge in [-0.3, -0.25) is 14.9 Å². The molecule has 0 saturated carbocycles. The lowest BCUT2D eigenvalue weighted by Gasteiger charge is -2.14. The Morgan fingerprint density at radius 1 is 1.19 bits per heavy atom. The summed E-state index contributed by atoms with van der Waals surface area (Å²) in [6.07, 6.45) is -1.50. The summed E-state index contributed by atoms with van der Waals surface area (Å²) in [7, 11) is 0. The van der Waals surface area contributed by atoms with Gasteiger partial charge in [0, 0.05) is 12.1 Å². The maximum atomic E-state index is 13.6. The minimum absolute atomic E-state index is 0.148. The predicted molar refractivity (Wildman–Crippen MR) is 87.9 cm³/mol. The van der Waals surface area contributed by atoms with Gasteiger partial charge in [-0.15, -0.1) is 0 Å². The van der Waals surface area contributed by atoms with Crippen LogP contribution in [0.1, 0.15) is 17.3 Å². The molecular weight excluding hydrogens is 393 g/mol. The van der Waals surface area contributed by atoms with Crippen LogP contribution >= 0.6 is 11.6 Å². The van der Waals surface area contributed by atoms with Crippen LogP contribution in [-0.2, 0) is 9.53 Å². The number of nitro groups is 1. The van der Waals surface area contributed by atoms with E-state index in [4.69, 9.17) is 16.3 Å². The summed E-state index contributed by atoms with van der Waals surface area (Å²) in [5.41, 5.74) is -1.44. The van der Waals surface area contributed by atoms with Crippen molar-refractivity contribution in [1.82, 2.24) is 0 Å². The Hall–Kier alpha value is -3.14. The van der Waals surface area contributed by atoms with Gasteiger partial charge in [0.15, 0.2) is 23.6 Å². The molecule has 0 heterocycles. The van der Waals surface area contributed by atoms with Crippen LogP contribution in [-0.4, -0.2) is 22.9 Å². The van der Waals surface area contributed by atoms with Gasteiger partial charge in [0.1, 0.15) is 0 Å². The zero-order valence-electron chi connectivity index (χ0n) is 13.5. The molecule has 0 aromatic heterocycles. The monoisotopic (exact) mass is 402 g/mol. The Morgan fingerprint density at radius 2 is 1.85 bits per heavy atom. The predicted octanol–water partition coefficient (Wildman–Crippen LogP) is 3.85. The van der Waals surface area contributed by atoms with Crippen molar-refractivity contribution in [3.8, 4) is 0 Å². The molecule has 1 atom stereocenters. The molecule has 0 aliphatic heterocycles. The highest BCUT2D eigenvalue weighted by atomic mass is 35.5. The SMILES string of the molecule is C[C@H](OC(=O)c1cc([N+](=O)[O-])ccc1Cl)C(=O)Nc1ccc(F)c(F)c1F. The minimum Gasteiger partial charge on any atom is -0.449 e. The first kappa shape index (κ1) is 20.2. The Morgan fingerprint density at radius 3 is 2.48 bits per heavy atom. The van der Waals surface area contributed by atoms with Crippen LogP contribution in [0.4, 0.5) is 24.5 Å². The number of benzene rings is 2. The van der Waals surface area contributed by atoms with Gasteiger partial charge in [0.05, 0.1) is 21.2 Å². The fraction of sp³-hybridized carbons (Fsp3) is 0.125. The molecule has 27 heavy (non-hydrogen) atoms.